The summed E-state index contributed by atoms with van der Waals surface area (Å²) in [6, 6.07) is -0.754. The van der Waals surface area contributed by atoms with E-state index in [2.05, 4.69) is 6.58 Å². The molecule has 1 saturated heterocycles. The minimum absolute atomic E-state index is 0.144. The van der Waals surface area contributed by atoms with E-state index in [9.17, 15) is 19.2 Å². The lowest BCUT2D eigenvalue weighted by Crippen LogP contribution is -2.42. The lowest BCUT2D eigenvalue weighted by Gasteiger charge is -2.21. The molecule has 1 unspecified atom stereocenters. The van der Waals surface area contributed by atoms with Crippen molar-refractivity contribution in [2.75, 3.05) is 6.54 Å². The third kappa shape index (κ3) is 3.04. The van der Waals surface area contributed by atoms with Gasteiger partial charge < -0.3 is 4.74 Å². The van der Waals surface area contributed by atoms with Crippen molar-refractivity contribution in [2.24, 2.45) is 0 Å². The van der Waals surface area contributed by atoms with Gasteiger partial charge in [0.15, 0.2) is 6.23 Å². The summed E-state index contributed by atoms with van der Waals surface area (Å²) in [4.78, 5) is 48.4. The van der Waals surface area contributed by atoms with Gasteiger partial charge in [-0.05, 0) is 20.3 Å². The fraction of sp³-hybridized carbons (Fsp3) is 0.538. The SMILES string of the molecule is C=C(C)C(=O)OC(C)N1C(=O)C(=O)N(CCCC)C1=O. The van der Waals surface area contributed by atoms with Crippen LogP contribution in [0.15, 0.2) is 12.2 Å². The molecular weight excluding hydrogens is 264 g/mol. The van der Waals surface area contributed by atoms with Gasteiger partial charge in [-0.1, -0.05) is 19.9 Å². The van der Waals surface area contributed by atoms with Gasteiger partial charge in [0.1, 0.15) is 0 Å². The van der Waals surface area contributed by atoms with Crippen LogP contribution in [0.5, 0.6) is 0 Å². The molecule has 1 atom stereocenters. The van der Waals surface area contributed by atoms with Gasteiger partial charge in [0, 0.05) is 12.1 Å². The Hall–Kier alpha value is -2.18. The fourth-order valence-electron chi connectivity index (χ4n) is 1.66. The first kappa shape index (κ1) is 15.9. The first-order valence-corrected chi connectivity index (χ1v) is 6.36. The summed E-state index contributed by atoms with van der Waals surface area (Å²) in [6.07, 6.45) is 0.249. The fourth-order valence-corrected chi connectivity index (χ4v) is 1.66. The summed E-state index contributed by atoms with van der Waals surface area (Å²) in [6.45, 7) is 8.29. The highest BCUT2D eigenvalue weighted by Gasteiger charge is 2.47. The molecule has 7 heteroatoms. The Morgan fingerprint density at radius 1 is 1.30 bits per heavy atom. The Morgan fingerprint density at radius 2 is 1.90 bits per heavy atom. The Balaban J connectivity index is 2.82. The number of imide groups is 2. The summed E-state index contributed by atoms with van der Waals surface area (Å²) in [5, 5.41) is 0. The van der Waals surface area contributed by atoms with E-state index in [1.54, 1.807) is 0 Å². The third-order valence-corrected chi connectivity index (χ3v) is 2.81. The maximum Gasteiger partial charge on any atom is 0.337 e. The average Bonchev–Trinajstić information content (AvgIpc) is 2.58. The highest BCUT2D eigenvalue weighted by Crippen LogP contribution is 2.17. The summed E-state index contributed by atoms with van der Waals surface area (Å²) in [7, 11) is 0. The molecule has 1 heterocycles. The van der Waals surface area contributed by atoms with Crippen molar-refractivity contribution in [3.63, 3.8) is 0 Å². The monoisotopic (exact) mass is 282 g/mol. The Kier molecular flexibility index (Phi) is 5.01. The van der Waals surface area contributed by atoms with Crippen molar-refractivity contribution >= 4 is 23.8 Å². The maximum absolute atomic E-state index is 12.0. The number of amides is 4. The molecule has 0 spiro atoms. The van der Waals surface area contributed by atoms with Crippen LogP contribution in [-0.4, -0.2) is 46.4 Å². The Labute approximate surface area is 117 Å². The van der Waals surface area contributed by atoms with Crippen LogP contribution in [0, 0.1) is 0 Å². The predicted molar refractivity (Wildman–Crippen MR) is 69.2 cm³/mol. The molecule has 0 aromatic heterocycles. The van der Waals surface area contributed by atoms with E-state index >= 15 is 0 Å². The van der Waals surface area contributed by atoms with Crippen molar-refractivity contribution in [3.05, 3.63) is 12.2 Å². The van der Waals surface area contributed by atoms with E-state index < -0.39 is 30.0 Å². The highest BCUT2D eigenvalue weighted by atomic mass is 16.6. The topological polar surface area (TPSA) is 84.0 Å². The van der Waals surface area contributed by atoms with Gasteiger partial charge >= 0.3 is 23.8 Å². The van der Waals surface area contributed by atoms with Gasteiger partial charge in [-0.2, -0.15) is 0 Å². The minimum Gasteiger partial charge on any atom is -0.438 e. The molecule has 0 N–H and O–H groups in total. The lowest BCUT2D eigenvalue weighted by atomic mass is 10.3. The standard InChI is InChI=1S/C13H18N2O5/c1-5-6-7-14-10(16)11(17)15(13(14)19)9(4)20-12(18)8(2)3/h9H,2,5-7H2,1,3-4H3. The molecule has 1 fully saturated rings. The number of esters is 1. The van der Waals surface area contributed by atoms with Crippen LogP contribution in [0.25, 0.3) is 0 Å². The van der Waals surface area contributed by atoms with Gasteiger partial charge in [-0.3, -0.25) is 14.5 Å². The Morgan fingerprint density at radius 3 is 2.40 bits per heavy atom. The number of urea groups is 1. The highest BCUT2D eigenvalue weighted by molar-refractivity contribution is 6.44. The number of carbonyl (C=O) groups excluding carboxylic acids is 4. The van der Waals surface area contributed by atoms with E-state index in [1.807, 2.05) is 6.92 Å². The molecule has 0 aromatic carbocycles. The van der Waals surface area contributed by atoms with Gasteiger partial charge in [0.25, 0.3) is 0 Å². The maximum atomic E-state index is 12.0. The molecular formula is C13H18N2O5. The molecule has 20 heavy (non-hydrogen) atoms. The number of carbonyl (C=O) groups is 4. The molecule has 0 aromatic rings. The molecule has 0 bridgehead atoms. The van der Waals surface area contributed by atoms with Crippen LogP contribution >= 0.6 is 0 Å². The van der Waals surface area contributed by atoms with E-state index in [-0.39, 0.29) is 12.1 Å². The smallest absolute Gasteiger partial charge is 0.337 e. The quantitative estimate of drug-likeness (QED) is 0.314. The Bertz CT molecular complexity index is 471. The van der Waals surface area contributed by atoms with Crippen LogP contribution in [0.2, 0.25) is 0 Å². The average molecular weight is 282 g/mol. The molecule has 0 radical (unpaired) electrons. The summed E-state index contributed by atoms with van der Waals surface area (Å²) >= 11 is 0. The molecule has 4 amide bonds. The number of hydrogen-bond donors (Lipinski definition) is 0. The van der Waals surface area contributed by atoms with Crippen molar-refractivity contribution in [1.29, 1.82) is 0 Å². The lowest BCUT2D eigenvalue weighted by molar-refractivity contribution is -0.156. The molecule has 110 valence electrons. The second-order valence-corrected chi connectivity index (χ2v) is 4.55. The number of unbranched alkanes of at least 4 members (excludes halogenated alkanes) is 1. The largest absolute Gasteiger partial charge is 0.438 e. The molecule has 1 rings (SSSR count). The molecule has 1 aliphatic rings. The normalized spacial score (nSPS) is 16.6. The zero-order valence-corrected chi connectivity index (χ0v) is 11.8. The van der Waals surface area contributed by atoms with Crippen molar-refractivity contribution < 1.29 is 23.9 Å². The van der Waals surface area contributed by atoms with Crippen LogP contribution < -0.4 is 0 Å². The second kappa shape index (κ2) is 6.31. The second-order valence-electron chi connectivity index (χ2n) is 4.55. The molecule has 7 nitrogen and oxygen atoms in total. The van der Waals surface area contributed by atoms with E-state index in [0.717, 1.165) is 11.3 Å². The zero-order chi connectivity index (χ0) is 15.4. The van der Waals surface area contributed by atoms with Gasteiger partial charge in [0.05, 0.1) is 0 Å². The van der Waals surface area contributed by atoms with Gasteiger partial charge in [0.2, 0.25) is 0 Å². The predicted octanol–water partition coefficient (Wildman–Crippen LogP) is 1.04. The third-order valence-electron chi connectivity index (χ3n) is 2.81. The minimum atomic E-state index is -1.14. The number of nitrogens with zero attached hydrogens (tertiary/aromatic N) is 2. The molecule has 0 saturated carbocycles. The number of ether oxygens (including phenoxy) is 1. The van der Waals surface area contributed by atoms with E-state index in [1.165, 1.54) is 13.8 Å². The van der Waals surface area contributed by atoms with Crippen molar-refractivity contribution in [1.82, 2.24) is 9.80 Å². The van der Waals surface area contributed by atoms with E-state index in [0.29, 0.717) is 11.3 Å². The van der Waals surface area contributed by atoms with Crippen LogP contribution in [-0.2, 0) is 19.1 Å². The first-order chi connectivity index (χ1) is 9.31. The molecule has 0 aliphatic carbocycles. The van der Waals surface area contributed by atoms with Crippen molar-refractivity contribution in [2.45, 2.75) is 39.8 Å². The number of rotatable bonds is 6. The van der Waals surface area contributed by atoms with Gasteiger partial charge in [-0.15, -0.1) is 0 Å². The van der Waals surface area contributed by atoms with Crippen molar-refractivity contribution in [3.8, 4) is 0 Å². The van der Waals surface area contributed by atoms with Crippen LogP contribution in [0.1, 0.15) is 33.6 Å². The number of hydrogen-bond acceptors (Lipinski definition) is 5. The summed E-state index contributed by atoms with van der Waals surface area (Å²) in [5.74, 6) is -2.59. The first-order valence-electron chi connectivity index (χ1n) is 6.36. The summed E-state index contributed by atoms with van der Waals surface area (Å²) < 4.78 is 4.90. The zero-order valence-electron chi connectivity index (χ0n) is 11.8. The van der Waals surface area contributed by atoms with Crippen LogP contribution in [0.4, 0.5) is 4.79 Å². The van der Waals surface area contributed by atoms with E-state index in [4.69, 9.17) is 4.74 Å². The summed E-state index contributed by atoms with van der Waals surface area (Å²) in [5.41, 5.74) is 0.144. The van der Waals surface area contributed by atoms with Gasteiger partial charge in [-0.25, -0.2) is 14.5 Å². The molecule has 1 aliphatic heterocycles. The van der Waals surface area contributed by atoms with Crippen LogP contribution in [0.3, 0.4) is 0 Å².